The lowest BCUT2D eigenvalue weighted by atomic mass is 9.99. The molecule has 0 fully saturated rings. The molecule has 1 atom stereocenters. The molecule has 92 valence electrons. The normalized spacial score (nSPS) is 12.6. The molecule has 0 spiro atoms. The number of unbranched alkanes of at least 4 members (excludes halogenated alkanes) is 1. The molecule has 0 rings (SSSR count). The van der Waals surface area contributed by atoms with E-state index in [1.807, 2.05) is 0 Å². The second kappa shape index (κ2) is 8.95. The van der Waals surface area contributed by atoms with Gasteiger partial charge in [-0.15, -0.1) is 0 Å². The zero-order valence-electron chi connectivity index (χ0n) is 10.0. The Kier molecular flexibility index (Phi) is 8.21. The van der Waals surface area contributed by atoms with Crippen molar-refractivity contribution in [2.24, 2.45) is 5.92 Å². The molecule has 0 heterocycles. The maximum absolute atomic E-state index is 11.2. The van der Waals surface area contributed by atoms with Crippen LogP contribution in [0, 0.1) is 5.92 Å². The van der Waals surface area contributed by atoms with Crippen LogP contribution in [0.5, 0.6) is 0 Å². The molecular weight excluding hydrogens is 206 g/mol. The van der Waals surface area contributed by atoms with E-state index in [0.717, 1.165) is 31.4 Å². The quantitative estimate of drug-likeness (QED) is 0.623. The number of carbonyl (C=O) groups excluding carboxylic acids is 1. The molecule has 1 amide bonds. The van der Waals surface area contributed by atoms with Crippen LogP contribution in [-0.4, -0.2) is 23.5 Å². The molecule has 0 bridgehead atoms. The molecule has 0 aliphatic carbocycles. The van der Waals surface area contributed by atoms with E-state index in [9.17, 15) is 9.59 Å². The predicted octanol–water partition coefficient (Wildman–Crippen LogP) is 1.96. The first kappa shape index (κ1) is 14.7. The smallest absolute Gasteiger partial charge is 0.328 e. The number of carboxylic acid groups (broad SMARTS) is 1. The minimum Gasteiger partial charge on any atom is -0.478 e. The van der Waals surface area contributed by atoms with Gasteiger partial charge in [0.2, 0.25) is 5.91 Å². The van der Waals surface area contributed by atoms with Crippen LogP contribution in [-0.2, 0) is 9.59 Å². The zero-order valence-corrected chi connectivity index (χ0v) is 10.0. The van der Waals surface area contributed by atoms with Crippen molar-refractivity contribution in [1.29, 1.82) is 0 Å². The Morgan fingerprint density at radius 1 is 1.31 bits per heavy atom. The van der Waals surface area contributed by atoms with Crippen molar-refractivity contribution in [3.63, 3.8) is 0 Å². The van der Waals surface area contributed by atoms with Crippen LogP contribution < -0.4 is 5.32 Å². The fourth-order valence-corrected chi connectivity index (χ4v) is 1.39. The van der Waals surface area contributed by atoms with Gasteiger partial charge >= 0.3 is 5.97 Å². The highest BCUT2D eigenvalue weighted by molar-refractivity contribution is 5.93. The fourth-order valence-electron chi connectivity index (χ4n) is 1.39. The topological polar surface area (TPSA) is 66.4 Å². The van der Waals surface area contributed by atoms with E-state index >= 15 is 0 Å². The summed E-state index contributed by atoms with van der Waals surface area (Å²) in [5, 5.41) is 11.0. The maximum Gasteiger partial charge on any atom is 0.328 e. The molecule has 4 heteroatoms. The van der Waals surface area contributed by atoms with Crippen LogP contribution in [0.4, 0.5) is 0 Å². The van der Waals surface area contributed by atoms with E-state index in [0.29, 0.717) is 12.5 Å². The standard InChI is InChI=1S/C12H21NO3/c1-3-5-6-10(4-2)9-13-11(14)7-8-12(15)16/h7-8,10H,3-6,9H2,1-2H3,(H,13,14)(H,15,16)/b8-7-/t10-/m1/s1. The number of hydrogen-bond acceptors (Lipinski definition) is 2. The van der Waals surface area contributed by atoms with Gasteiger partial charge in [0.1, 0.15) is 0 Å². The molecule has 4 nitrogen and oxygen atoms in total. The Bertz CT molecular complexity index is 249. The third-order valence-electron chi connectivity index (χ3n) is 2.49. The van der Waals surface area contributed by atoms with Gasteiger partial charge < -0.3 is 10.4 Å². The van der Waals surface area contributed by atoms with E-state index in [2.05, 4.69) is 19.2 Å². The first-order valence-corrected chi connectivity index (χ1v) is 5.79. The van der Waals surface area contributed by atoms with Gasteiger partial charge in [-0.05, 0) is 12.3 Å². The van der Waals surface area contributed by atoms with E-state index < -0.39 is 5.97 Å². The van der Waals surface area contributed by atoms with Crippen LogP contribution in [0.15, 0.2) is 12.2 Å². The third-order valence-corrected chi connectivity index (χ3v) is 2.49. The molecular formula is C12H21NO3. The average Bonchev–Trinajstić information content (AvgIpc) is 2.26. The molecule has 0 aliphatic rings. The summed E-state index contributed by atoms with van der Waals surface area (Å²) >= 11 is 0. The molecule has 0 radical (unpaired) electrons. The maximum atomic E-state index is 11.2. The summed E-state index contributed by atoms with van der Waals surface area (Å²) in [6, 6.07) is 0. The lowest BCUT2D eigenvalue weighted by Gasteiger charge is -2.14. The summed E-state index contributed by atoms with van der Waals surface area (Å²) < 4.78 is 0. The largest absolute Gasteiger partial charge is 0.478 e. The Morgan fingerprint density at radius 2 is 2.00 bits per heavy atom. The van der Waals surface area contributed by atoms with Crippen molar-refractivity contribution in [3.05, 3.63) is 12.2 Å². The van der Waals surface area contributed by atoms with Gasteiger partial charge in [-0.1, -0.05) is 33.1 Å². The van der Waals surface area contributed by atoms with E-state index in [1.165, 1.54) is 6.42 Å². The van der Waals surface area contributed by atoms with E-state index in [1.54, 1.807) is 0 Å². The van der Waals surface area contributed by atoms with Crippen molar-refractivity contribution < 1.29 is 14.7 Å². The highest BCUT2D eigenvalue weighted by Gasteiger charge is 2.06. The van der Waals surface area contributed by atoms with Gasteiger partial charge in [0.15, 0.2) is 0 Å². The molecule has 0 aromatic rings. The number of aliphatic carboxylic acids is 1. The number of nitrogens with one attached hydrogen (secondary N) is 1. The summed E-state index contributed by atoms with van der Waals surface area (Å²) in [5.74, 6) is -0.951. The second-order valence-electron chi connectivity index (χ2n) is 3.83. The van der Waals surface area contributed by atoms with Crippen molar-refractivity contribution >= 4 is 11.9 Å². The minimum absolute atomic E-state index is 0.336. The summed E-state index contributed by atoms with van der Waals surface area (Å²) in [4.78, 5) is 21.4. The average molecular weight is 227 g/mol. The van der Waals surface area contributed by atoms with Gasteiger partial charge in [0.25, 0.3) is 0 Å². The van der Waals surface area contributed by atoms with Crippen molar-refractivity contribution in [2.45, 2.75) is 39.5 Å². The van der Waals surface area contributed by atoms with Gasteiger partial charge in [-0.2, -0.15) is 0 Å². The van der Waals surface area contributed by atoms with Crippen LogP contribution >= 0.6 is 0 Å². The van der Waals surface area contributed by atoms with Crippen LogP contribution in [0.2, 0.25) is 0 Å². The first-order valence-electron chi connectivity index (χ1n) is 5.79. The molecule has 0 aromatic heterocycles. The Hall–Kier alpha value is -1.32. The van der Waals surface area contributed by atoms with Crippen LogP contribution in [0.1, 0.15) is 39.5 Å². The summed E-state index contributed by atoms with van der Waals surface area (Å²) in [5.41, 5.74) is 0. The summed E-state index contributed by atoms with van der Waals surface area (Å²) in [7, 11) is 0. The molecule has 0 aliphatic heterocycles. The number of rotatable bonds is 8. The molecule has 2 N–H and O–H groups in total. The first-order chi connectivity index (χ1) is 7.60. The SMILES string of the molecule is CCCC[C@@H](CC)CNC(=O)/C=C\C(=O)O. The molecule has 0 saturated carbocycles. The van der Waals surface area contributed by atoms with Gasteiger partial charge in [0, 0.05) is 18.7 Å². The number of carbonyl (C=O) groups is 2. The van der Waals surface area contributed by atoms with Gasteiger partial charge in [-0.3, -0.25) is 4.79 Å². The zero-order chi connectivity index (χ0) is 12.4. The molecule has 0 saturated heterocycles. The molecule has 0 aromatic carbocycles. The second-order valence-corrected chi connectivity index (χ2v) is 3.83. The summed E-state index contributed by atoms with van der Waals surface area (Å²) in [6.45, 7) is 4.86. The van der Waals surface area contributed by atoms with Gasteiger partial charge in [-0.25, -0.2) is 4.79 Å². The number of carboxylic acids is 1. The Balaban J connectivity index is 3.83. The Morgan fingerprint density at radius 3 is 2.50 bits per heavy atom. The Labute approximate surface area is 96.7 Å². The summed E-state index contributed by atoms with van der Waals surface area (Å²) in [6.07, 6.45) is 6.36. The van der Waals surface area contributed by atoms with E-state index in [4.69, 9.17) is 5.11 Å². The van der Waals surface area contributed by atoms with E-state index in [-0.39, 0.29) is 5.91 Å². The monoisotopic (exact) mass is 227 g/mol. The van der Waals surface area contributed by atoms with Crippen molar-refractivity contribution in [2.75, 3.05) is 6.54 Å². The van der Waals surface area contributed by atoms with Crippen molar-refractivity contribution in [3.8, 4) is 0 Å². The predicted molar refractivity (Wildman–Crippen MR) is 63.1 cm³/mol. The fraction of sp³-hybridized carbons (Fsp3) is 0.667. The minimum atomic E-state index is -1.10. The van der Waals surface area contributed by atoms with Crippen molar-refractivity contribution in [1.82, 2.24) is 5.32 Å². The third kappa shape index (κ3) is 8.03. The number of hydrogen-bond donors (Lipinski definition) is 2. The lowest BCUT2D eigenvalue weighted by molar-refractivity contribution is -0.131. The molecule has 0 unspecified atom stereocenters. The highest BCUT2D eigenvalue weighted by Crippen LogP contribution is 2.10. The molecule has 16 heavy (non-hydrogen) atoms. The van der Waals surface area contributed by atoms with Crippen LogP contribution in [0.3, 0.4) is 0 Å². The van der Waals surface area contributed by atoms with Gasteiger partial charge in [0.05, 0.1) is 0 Å². The van der Waals surface area contributed by atoms with Crippen LogP contribution in [0.25, 0.3) is 0 Å². The highest BCUT2D eigenvalue weighted by atomic mass is 16.4. The lowest BCUT2D eigenvalue weighted by Crippen LogP contribution is -2.27. The number of amides is 1.